The maximum absolute atomic E-state index is 10.6. The molecule has 4 nitrogen and oxygen atoms in total. The molecule has 18 heavy (non-hydrogen) atoms. The highest BCUT2D eigenvalue weighted by Gasteiger charge is 2.10. The van der Waals surface area contributed by atoms with Gasteiger partial charge in [-0.05, 0) is 12.8 Å². The van der Waals surface area contributed by atoms with Crippen molar-refractivity contribution in [3.63, 3.8) is 0 Å². The zero-order chi connectivity index (χ0) is 13.7. The van der Waals surface area contributed by atoms with Crippen molar-refractivity contribution in [2.45, 2.75) is 70.6 Å². The Bertz CT molecular complexity index is 270. The monoisotopic (exact) mass is 275 g/mol. The average molecular weight is 275 g/mol. The van der Waals surface area contributed by atoms with Crippen molar-refractivity contribution in [3.05, 3.63) is 0 Å². The van der Waals surface area contributed by atoms with E-state index < -0.39 is 7.60 Å². The topological polar surface area (TPSA) is 81.3 Å². The third-order valence-corrected chi connectivity index (χ3v) is 3.89. The number of unbranched alkanes of at least 4 members (excludes halogenated alkanes) is 10. The van der Waals surface area contributed by atoms with Crippen LogP contribution in [0.3, 0.4) is 0 Å². The van der Waals surface area contributed by atoms with Gasteiger partial charge in [0, 0.05) is 12.6 Å². The van der Waals surface area contributed by atoms with E-state index in [0.717, 1.165) is 25.7 Å². The van der Waals surface area contributed by atoms with Gasteiger partial charge in [0.15, 0.2) is 0 Å². The SMILES string of the molecule is N#CCCCCCCCCCCCCP(=O)(O)O. The molecule has 0 aliphatic heterocycles. The van der Waals surface area contributed by atoms with Crippen LogP contribution in [-0.2, 0) is 4.57 Å². The Morgan fingerprint density at radius 2 is 1.17 bits per heavy atom. The van der Waals surface area contributed by atoms with Crippen LogP contribution in [0.1, 0.15) is 70.6 Å². The Kier molecular flexibility index (Phi) is 11.5. The molecule has 0 aliphatic rings. The number of hydrogen-bond donors (Lipinski definition) is 2. The summed E-state index contributed by atoms with van der Waals surface area (Å²) in [4.78, 5) is 17.3. The molecule has 0 fully saturated rings. The Hall–Kier alpha value is -0.360. The normalized spacial score (nSPS) is 11.4. The lowest BCUT2D eigenvalue weighted by Gasteiger charge is -2.04. The van der Waals surface area contributed by atoms with Crippen molar-refractivity contribution in [2.24, 2.45) is 0 Å². The Labute approximate surface area is 111 Å². The summed E-state index contributed by atoms with van der Waals surface area (Å²) in [6.07, 6.45) is 11.6. The fraction of sp³-hybridized carbons (Fsp3) is 0.923. The highest BCUT2D eigenvalue weighted by Crippen LogP contribution is 2.35. The zero-order valence-electron chi connectivity index (χ0n) is 11.2. The van der Waals surface area contributed by atoms with E-state index in [4.69, 9.17) is 15.0 Å². The molecule has 0 aromatic heterocycles. The number of nitrogens with zero attached hydrogens (tertiary/aromatic N) is 1. The summed E-state index contributed by atoms with van der Waals surface area (Å²) < 4.78 is 10.6. The standard InChI is InChI=1S/C13H26NO3P/c14-12-10-8-6-4-2-1-3-5-7-9-11-13-18(15,16)17/h1-11,13H2,(H2,15,16,17). The zero-order valence-corrected chi connectivity index (χ0v) is 12.1. The summed E-state index contributed by atoms with van der Waals surface area (Å²) in [6.45, 7) is 0. The molecular weight excluding hydrogens is 249 g/mol. The first-order valence-corrected chi connectivity index (χ1v) is 8.77. The fourth-order valence-electron chi connectivity index (χ4n) is 1.94. The van der Waals surface area contributed by atoms with Crippen LogP contribution in [0.15, 0.2) is 0 Å². The molecular formula is C13H26NO3P. The molecule has 5 heteroatoms. The van der Waals surface area contributed by atoms with Gasteiger partial charge < -0.3 is 9.79 Å². The van der Waals surface area contributed by atoms with Crippen molar-refractivity contribution in [1.82, 2.24) is 0 Å². The molecule has 0 aliphatic carbocycles. The summed E-state index contributed by atoms with van der Waals surface area (Å²) in [5.41, 5.74) is 0. The van der Waals surface area contributed by atoms with Crippen molar-refractivity contribution in [3.8, 4) is 6.07 Å². The van der Waals surface area contributed by atoms with E-state index in [-0.39, 0.29) is 6.16 Å². The smallest absolute Gasteiger partial charge is 0.324 e. The summed E-state index contributed by atoms with van der Waals surface area (Å²) in [5, 5.41) is 8.36. The second-order valence-electron chi connectivity index (χ2n) is 4.83. The van der Waals surface area contributed by atoms with E-state index in [9.17, 15) is 4.57 Å². The van der Waals surface area contributed by atoms with Gasteiger partial charge in [0.05, 0.1) is 6.07 Å². The van der Waals surface area contributed by atoms with Gasteiger partial charge in [-0.1, -0.05) is 51.4 Å². The number of rotatable bonds is 12. The fourth-order valence-corrected chi connectivity index (χ4v) is 2.57. The van der Waals surface area contributed by atoms with E-state index >= 15 is 0 Å². The van der Waals surface area contributed by atoms with E-state index in [1.807, 2.05) is 0 Å². The molecule has 0 saturated carbocycles. The lowest BCUT2D eigenvalue weighted by Crippen LogP contribution is -1.88. The maximum Gasteiger partial charge on any atom is 0.325 e. The van der Waals surface area contributed by atoms with Crippen molar-refractivity contribution in [1.29, 1.82) is 5.26 Å². The molecule has 0 unspecified atom stereocenters. The van der Waals surface area contributed by atoms with Gasteiger partial charge in [-0.3, -0.25) is 4.57 Å². The predicted molar refractivity (Wildman–Crippen MR) is 73.3 cm³/mol. The average Bonchev–Trinajstić information content (AvgIpc) is 2.29. The first-order chi connectivity index (χ1) is 8.56. The lowest BCUT2D eigenvalue weighted by molar-refractivity contribution is 0.370. The first kappa shape index (κ1) is 17.6. The first-order valence-electron chi connectivity index (χ1n) is 6.98. The van der Waals surface area contributed by atoms with Gasteiger partial charge in [-0.25, -0.2) is 0 Å². The minimum Gasteiger partial charge on any atom is -0.324 e. The Morgan fingerprint density at radius 1 is 0.778 bits per heavy atom. The number of nitriles is 1. The van der Waals surface area contributed by atoms with Gasteiger partial charge in [0.25, 0.3) is 0 Å². The van der Waals surface area contributed by atoms with Crippen molar-refractivity contribution >= 4 is 7.60 Å². The van der Waals surface area contributed by atoms with E-state index in [0.29, 0.717) is 12.8 Å². The molecule has 0 rings (SSSR count). The Morgan fingerprint density at radius 3 is 1.56 bits per heavy atom. The quantitative estimate of drug-likeness (QED) is 0.417. The maximum atomic E-state index is 10.6. The lowest BCUT2D eigenvalue weighted by atomic mass is 10.1. The second-order valence-corrected chi connectivity index (χ2v) is 6.61. The van der Waals surface area contributed by atoms with Gasteiger partial charge in [0.1, 0.15) is 0 Å². The minimum atomic E-state index is -3.77. The van der Waals surface area contributed by atoms with E-state index in [1.165, 1.54) is 32.1 Å². The largest absolute Gasteiger partial charge is 0.325 e. The summed E-state index contributed by atoms with van der Waals surface area (Å²) >= 11 is 0. The van der Waals surface area contributed by atoms with Gasteiger partial charge in [-0.2, -0.15) is 5.26 Å². The number of hydrogen-bond acceptors (Lipinski definition) is 2. The Balaban J connectivity index is 3.04. The molecule has 0 amide bonds. The molecule has 2 N–H and O–H groups in total. The molecule has 0 spiro atoms. The molecule has 106 valence electrons. The van der Waals surface area contributed by atoms with Crippen molar-refractivity contribution in [2.75, 3.05) is 6.16 Å². The molecule has 0 aromatic rings. The van der Waals surface area contributed by atoms with Gasteiger partial charge in [0.2, 0.25) is 0 Å². The highest BCUT2D eigenvalue weighted by molar-refractivity contribution is 7.51. The van der Waals surface area contributed by atoms with Crippen LogP contribution >= 0.6 is 7.60 Å². The van der Waals surface area contributed by atoms with Crippen LogP contribution in [-0.4, -0.2) is 15.9 Å². The van der Waals surface area contributed by atoms with Crippen LogP contribution < -0.4 is 0 Å². The molecule has 0 heterocycles. The second kappa shape index (κ2) is 11.7. The molecule has 0 atom stereocenters. The third-order valence-electron chi connectivity index (χ3n) is 2.99. The van der Waals surface area contributed by atoms with Crippen LogP contribution in [0, 0.1) is 11.3 Å². The van der Waals surface area contributed by atoms with Crippen LogP contribution in [0.25, 0.3) is 0 Å². The molecule has 0 aromatic carbocycles. The molecule has 0 saturated heterocycles. The van der Waals surface area contributed by atoms with Crippen LogP contribution in [0.5, 0.6) is 0 Å². The van der Waals surface area contributed by atoms with Gasteiger partial charge in [-0.15, -0.1) is 0 Å². The summed E-state index contributed by atoms with van der Waals surface area (Å²) in [6, 6.07) is 2.15. The third kappa shape index (κ3) is 15.6. The van der Waals surface area contributed by atoms with E-state index in [2.05, 4.69) is 6.07 Å². The highest BCUT2D eigenvalue weighted by atomic mass is 31.2. The summed E-state index contributed by atoms with van der Waals surface area (Å²) in [7, 11) is -3.77. The minimum absolute atomic E-state index is 0.0336. The molecule has 0 radical (unpaired) electrons. The van der Waals surface area contributed by atoms with Crippen LogP contribution in [0.2, 0.25) is 0 Å². The van der Waals surface area contributed by atoms with E-state index in [1.54, 1.807) is 0 Å². The van der Waals surface area contributed by atoms with Gasteiger partial charge >= 0.3 is 7.60 Å². The van der Waals surface area contributed by atoms with Crippen LogP contribution in [0.4, 0.5) is 0 Å². The predicted octanol–water partition coefficient (Wildman–Crippen LogP) is 3.98. The summed E-state index contributed by atoms with van der Waals surface area (Å²) in [5.74, 6) is 0. The molecule has 0 bridgehead atoms. The van der Waals surface area contributed by atoms with Crippen molar-refractivity contribution < 1.29 is 14.4 Å².